The molecule has 0 aliphatic carbocycles. The van der Waals surface area contributed by atoms with Crippen molar-refractivity contribution >= 4 is 40.6 Å². The first-order valence-corrected chi connectivity index (χ1v) is 8.36. The van der Waals surface area contributed by atoms with Crippen molar-refractivity contribution in [1.82, 2.24) is 0 Å². The van der Waals surface area contributed by atoms with Crippen molar-refractivity contribution < 1.29 is 9.72 Å². The van der Waals surface area contributed by atoms with E-state index in [1.165, 1.54) is 35.5 Å². The zero-order chi connectivity index (χ0) is 16.8. The van der Waals surface area contributed by atoms with Crippen molar-refractivity contribution in [2.24, 2.45) is 0 Å². The second-order valence-electron chi connectivity index (χ2n) is 4.95. The Morgan fingerprint density at radius 1 is 1.26 bits per heavy atom. The largest absolute Gasteiger partial charge is 0.324 e. The van der Waals surface area contributed by atoms with Crippen LogP contribution in [0.5, 0.6) is 0 Å². The number of nitro groups is 1. The van der Waals surface area contributed by atoms with Gasteiger partial charge in [0.1, 0.15) is 0 Å². The molecule has 0 saturated heterocycles. The first-order valence-electron chi connectivity index (χ1n) is 6.83. The highest BCUT2D eigenvalue weighted by molar-refractivity contribution is 7.99. The minimum absolute atomic E-state index is 0.114. The second-order valence-corrected chi connectivity index (χ2v) is 6.34. The molecule has 2 rings (SSSR count). The Morgan fingerprint density at radius 2 is 1.96 bits per heavy atom. The summed E-state index contributed by atoms with van der Waals surface area (Å²) in [5.41, 5.74) is 2.47. The molecule has 0 aliphatic heterocycles. The minimum Gasteiger partial charge on any atom is -0.324 e. The highest BCUT2D eigenvalue weighted by Gasteiger charge is 2.12. The van der Waals surface area contributed by atoms with Gasteiger partial charge in [0.05, 0.1) is 21.4 Å². The Bertz CT molecular complexity index is 720. The average molecular weight is 351 g/mol. The number of hydrogen-bond acceptors (Lipinski definition) is 4. The van der Waals surface area contributed by atoms with Crippen molar-refractivity contribution in [2.45, 2.75) is 12.7 Å². The fourth-order valence-corrected chi connectivity index (χ4v) is 2.81. The lowest BCUT2D eigenvalue weighted by Crippen LogP contribution is -2.14. The van der Waals surface area contributed by atoms with Crippen LogP contribution in [0.2, 0.25) is 5.02 Å². The molecule has 0 radical (unpaired) electrons. The van der Waals surface area contributed by atoms with Gasteiger partial charge in [0.25, 0.3) is 5.69 Å². The van der Waals surface area contributed by atoms with Gasteiger partial charge in [0, 0.05) is 17.9 Å². The van der Waals surface area contributed by atoms with Crippen LogP contribution in [0, 0.1) is 17.0 Å². The van der Waals surface area contributed by atoms with Crippen LogP contribution in [-0.2, 0) is 10.5 Å². The van der Waals surface area contributed by atoms with E-state index in [0.29, 0.717) is 0 Å². The van der Waals surface area contributed by atoms with Crippen molar-refractivity contribution in [1.29, 1.82) is 0 Å². The van der Waals surface area contributed by atoms with E-state index in [1.54, 1.807) is 0 Å². The number of carbonyl (C=O) groups excluding carboxylic acids is 1. The maximum Gasteiger partial charge on any atom is 0.271 e. The number of rotatable bonds is 6. The van der Waals surface area contributed by atoms with Gasteiger partial charge in [-0.25, -0.2) is 0 Å². The molecule has 7 heteroatoms. The summed E-state index contributed by atoms with van der Waals surface area (Å²) in [6, 6.07) is 12.1. The molecular weight excluding hydrogens is 336 g/mol. The number of nitrogens with zero attached hydrogens (tertiary/aromatic N) is 1. The van der Waals surface area contributed by atoms with Gasteiger partial charge in [0.2, 0.25) is 5.91 Å². The Balaban J connectivity index is 1.88. The van der Waals surface area contributed by atoms with E-state index in [1.807, 2.05) is 31.2 Å². The van der Waals surface area contributed by atoms with Gasteiger partial charge >= 0.3 is 0 Å². The van der Waals surface area contributed by atoms with Crippen molar-refractivity contribution in [2.75, 3.05) is 11.1 Å². The molecule has 23 heavy (non-hydrogen) atoms. The highest BCUT2D eigenvalue weighted by Crippen LogP contribution is 2.27. The summed E-state index contributed by atoms with van der Waals surface area (Å²) in [5, 5.41) is 13.6. The van der Waals surface area contributed by atoms with Crippen LogP contribution in [0.3, 0.4) is 0 Å². The Labute approximate surface area is 143 Å². The zero-order valence-electron chi connectivity index (χ0n) is 12.4. The molecule has 0 unspecified atom stereocenters. The molecule has 0 fully saturated rings. The molecule has 0 aromatic heterocycles. The maximum absolute atomic E-state index is 11.9. The molecule has 0 bridgehead atoms. The fraction of sp³-hybridized carbons (Fsp3) is 0.188. The number of nitrogens with one attached hydrogen (secondary N) is 1. The van der Waals surface area contributed by atoms with Crippen LogP contribution in [0.4, 0.5) is 11.4 Å². The van der Waals surface area contributed by atoms with Gasteiger partial charge in [0.15, 0.2) is 0 Å². The number of anilines is 1. The smallest absolute Gasteiger partial charge is 0.271 e. The number of benzene rings is 2. The molecular formula is C16H15ClN2O3S. The topological polar surface area (TPSA) is 72.2 Å². The molecule has 0 atom stereocenters. The van der Waals surface area contributed by atoms with Gasteiger partial charge in [-0.3, -0.25) is 14.9 Å². The molecule has 0 heterocycles. The number of amides is 1. The van der Waals surface area contributed by atoms with Crippen molar-refractivity contribution in [3.63, 3.8) is 0 Å². The van der Waals surface area contributed by atoms with E-state index in [0.717, 1.165) is 11.3 Å². The summed E-state index contributed by atoms with van der Waals surface area (Å²) >= 11 is 7.41. The Morgan fingerprint density at radius 3 is 2.61 bits per heavy atom. The van der Waals surface area contributed by atoms with Crippen LogP contribution in [0.25, 0.3) is 0 Å². The monoisotopic (exact) mass is 350 g/mol. The van der Waals surface area contributed by atoms with E-state index in [2.05, 4.69) is 5.32 Å². The van der Waals surface area contributed by atoms with E-state index in [4.69, 9.17) is 11.6 Å². The predicted molar refractivity (Wildman–Crippen MR) is 94.1 cm³/mol. The number of aryl methyl sites for hydroxylation is 1. The van der Waals surface area contributed by atoms with Gasteiger partial charge in [-0.05, 0) is 18.6 Å². The van der Waals surface area contributed by atoms with Crippen LogP contribution in [-0.4, -0.2) is 16.6 Å². The van der Waals surface area contributed by atoms with E-state index < -0.39 is 4.92 Å². The summed E-state index contributed by atoms with van der Waals surface area (Å²) in [6.45, 7) is 2.02. The molecule has 1 N–H and O–H groups in total. The summed E-state index contributed by atoms with van der Waals surface area (Å²) in [5.74, 6) is 0.716. The number of nitro benzene ring substituents is 1. The summed E-state index contributed by atoms with van der Waals surface area (Å²) in [7, 11) is 0. The number of non-ortho nitro benzene ring substituents is 1. The second kappa shape index (κ2) is 7.99. The van der Waals surface area contributed by atoms with E-state index in [9.17, 15) is 14.9 Å². The van der Waals surface area contributed by atoms with Crippen LogP contribution in [0.15, 0.2) is 42.5 Å². The quantitative estimate of drug-likeness (QED) is 0.618. The van der Waals surface area contributed by atoms with Crippen molar-refractivity contribution in [3.8, 4) is 0 Å². The molecule has 2 aromatic rings. The SMILES string of the molecule is Cc1ccc(CSCC(=O)Nc2cc([N+](=O)[O-])ccc2Cl)cc1. The summed E-state index contributed by atoms with van der Waals surface area (Å²) in [6.07, 6.45) is 0. The van der Waals surface area contributed by atoms with Crippen LogP contribution < -0.4 is 5.32 Å². The number of halogens is 1. The molecule has 1 amide bonds. The van der Waals surface area contributed by atoms with Crippen LogP contribution in [0.1, 0.15) is 11.1 Å². The molecule has 5 nitrogen and oxygen atoms in total. The van der Waals surface area contributed by atoms with Crippen molar-refractivity contribution in [3.05, 3.63) is 68.7 Å². The molecule has 2 aromatic carbocycles. The normalized spacial score (nSPS) is 10.3. The zero-order valence-corrected chi connectivity index (χ0v) is 14.0. The number of hydrogen-bond donors (Lipinski definition) is 1. The van der Waals surface area contributed by atoms with Gasteiger partial charge in [-0.1, -0.05) is 41.4 Å². The lowest BCUT2D eigenvalue weighted by molar-refractivity contribution is -0.384. The molecule has 0 spiro atoms. The van der Waals surface area contributed by atoms with E-state index in [-0.39, 0.29) is 28.1 Å². The average Bonchev–Trinajstić information content (AvgIpc) is 2.51. The first kappa shape index (κ1) is 17.3. The third-order valence-electron chi connectivity index (χ3n) is 3.06. The fourth-order valence-electron chi connectivity index (χ4n) is 1.85. The summed E-state index contributed by atoms with van der Waals surface area (Å²) in [4.78, 5) is 22.1. The molecule has 0 aliphatic rings. The van der Waals surface area contributed by atoms with E-state index >= 15 is 0 Å². The Kier molecular flexibility index (Phi) is 6.01. The number of carbonyl (C=O) groups is 1. The van der Waals surface area contributed by atoms with Gasteiger partial charge in [-0.2, -0.15) is 0 Å². The predicted octanol–water partition coefficient (Wildman–Crippen LogP) is 4.43. The first-order chi connectivity index (χ1) is 11.0. The minimum atomic E-state index is -0.530. The lowest BCUT2D eigenvalue weighted by Gasteiger charge is -2.07. The third-order valence-corrected chi connectivity index (χ3v) is 4.39. The number of thioether (sulfide) groups is 1. The lowest BCUT2D eigenvalue weighted by atomic mass is 10.2. The van der Waals surface area contributed by atoms with Gasteiger partial charge < -0.3 is 5.32 Å². The maximum atomic E-state index is 11.9. The van der Waals surface area contributed by atoms with Crippen LogP contribution >= 0.6 is 23.4 Å². The molecule has 120 valence electrons. The Hall–Kier alpha value is -2.05. The summed E-state index contributed by atoms with van der Waals surface area (Å²) < 4.78 is 0. The standard InChI is InChI=1S/C16H15ClN2O3S/c1-11-2-4-12(5-3-11)9-23-10-16(20)18-15-8-13(19(21)22)6-7-14(15)17/h2-8H,9-10H2,1H3,(H,18,20). The highest BCUT2D eigenvalue weighted by atomic mass is 35.5. The van der Waals surface area contributed by atoms with Gasteiger partial charge in [-0.15, -0.1) is 11.8 Å². The third kappa shape index (κ3) is 5.26. The molecule has 0 saturated carbocycles.